The highest BCUT2D eigenvalue weighted by Gasteiger charge is 2.29. The van der Waals surface area contributed by atoms with Gasteiger partial charge in [0.1, 0.15) is 0 Å². The van der Waals surface area contributed by atoms with Gasteiger partial charge in [-0.15, -0.1) is 0 Å². The minimum absolute atomic E-state index is 0.00403. The maximum Gasteiger partial charge on any atom is 0.243 e. The molecule has 0 spiro atoms. The van der Waals surface area contributed by atoms with E-state index in [9.17, 15) is 22.8 Å². The quantitative estimate of drug-likeness (QED) is 0.577. The molecular formula is C22H25N3O5S. The van der Waals surface area contributed by atoms with E-state index in [-0.39, 0.29) is 35.6 Å². The summed E-state index contributed by atoms with van der Waals surface area (Å²) in [6.45, 7) is 1.25. The van der Waals surface area contributed by atoms with E-state index >= 15 is 0 Å². The van der Waals surface area contributed by atoms with Crippen LogP contribution in [0.4, 0.5) is 5.69 Å². The van der Waals surface area contributed by atoms with Gasteiger partial charge in [0, 0.05) is 30.8 Å². The van der Waals surface area contributed by atoms with Crippen molar-refractivity contribution in [1.29, 1.82) is 0 Å². The number of ketones is 1. The number of Topliss-reactive ketones (excluding diaryl/α,β-unsaturated/α-hetero) is 1. The fraction of sp³-hybridized carbons (Fsp3) is 0.318. The first-order chi connectivity index (χ1) is 14.7. The molecular weight excluding hydrogens is 418 g/mol. The molecule has 2 aromatic rings. The van der Waals surface area contributed by atoms with Crippen molar-refractivity contribution in [3.05, 3.63) is 59.7 Å². The van der Waals surface area contributed by atoms with Gasteiger partial charge in [-0.1, -0.05) is 24.3 Å². The third kappa shape index (κ3) is 5.99. The lowest BCUT2D eigenvalue weighted by atomic mass is 10.2. The second kappa shape index (κ2) is 9.40. The van der Waals surface area contributed by atoms with Gasteiger partial charge in [0.05, 0.1) is 11.4 Å². The molecule has 1 aliphatic rings. The fourth-order valence-electron chi connectivity index (χ4n) is 2.93. The second-order valence-electron chi connectivity index (χ2n) is 7.58. The van der Waals surface area contributed by atoms with E-state index in [1.807, 2.05) is 6.07 Å². The number of carbonyl (C=O) groups is 3. The van der Waals surface area contributed by atoms with E-state index in [1.165, 1.54) is 38.2 Å². The lowest BCUT2D eigenvalue weighted by Crippen LogP contribution is -2.38. The molecule has 0 aliphatic heterocycles. The lowest BCUT2D eigenvalue weighted by Gasteiger charge is -2.17. The highest BCUT2D eigenvalue weighted by molar-refractivity contribution is 7.89. The van der Waals surface area contributed by atoms with Crippen LogP contribution in [0, 0.1) is 5.92 Å². The van der Waals surface area contributed by atoms with Gasteiger partial charge in [0.2, 0.25) is 21.8 Å². The first-order valence-corrected chi connectivity index (χ1v) is 11.3. The second-order valence-corrected chi connectivity index (χ2v) is 9.63. The molecule has 3 rings (SSSR count). The summed E-state index contributed by atoms with van der Waals surface area (Å²) in [6.07, 6.45) is 1.83. The minimum Gasteiger partial charge on any atom is -0.351 e. The van der Waals surface area contributed by atoms with Crippen LogP contribution < -0.4 is 10.6 Å². The number of hydrogen-bond acceptors (Lipinski definition) is 5. The van der Waals surface area contributed by atoms with Gasteiger partial charge >= 0.3 is 0 Å². The van der Waals surface area contributed by atoms with Crippen molar-refractivity contribution in [2.24, 2.45) is 5.92 Å². The summed E-state index contributed by atoms with van der Waals surface area (Å²) < 4.78 is 26.3. The molecule has 0 radical (unpaired) electrons. The molecule has 1 aliphatic carbocycles. The minimum atomic E-state index is -3.87. The molecule has 0 unspecified atom stereocenters. The molecule has 8 nitrogen and oxygen atoms in total. The average molecular weight is 444 g/mol. The van der Waals surface area contributed by atoms with E-state index in [0.29, 0.717) is 11.3 Å². The van der Waals surface area contributed by atoms with Crippen LogP contribution in [0.2, 0.25) is 0 Å². The number of likely N-dealkylation sites (N-methyl/N-ethyl adjacent to an activating group) is 1. The number of hydrogen-bond donors (Lipinski definition) is 2. The van der Waals surface area contributed by atoms with Crippen molar-refractivity contribution >= 4 is 33.3 Å². The molecule has 2 aromatic carbocycles. The van der Waals surface area contributed by atoms with Crippen LogP contribution >= 0.6 is 0 Å². The number of nitrogens with one attached hydrogen (secondary N) is 2. The van der Waals surface area contributed by atoms with Gasteiger partial charge in [-0.05, 0) is 49.6 Å². The number of anilines is 1. The van der Waals surface area contributed by atoms with Crippen LogP contribution in [0.25, 0.3) is 0 Å². The summed E-state index contributed by atoms with van der Waals surface area (Å²) in [4.78, 5) is 35.5. The first-order valence-electron chi connectivity index (χ1n) is 9.90. The molecule has 164 valence electrons. The largest absolute Gasteiger partial charge is 0.351 e. The third-order valence-electron chi connectivity index (χ3n) is 4.97. The molecule has 0 heterocycles. The highest BCUT2D eigenvalue weighted by atomic mass is 32.2. The summed E-state index contributed by atoms with van der Waals surface area (Å²) in [5.74, 6) is -0.518. The molecule has 0 saturated heterocycles. The molecule has 1 saturated carbocycles. The zero-order valence-electron chi connectivity index (χ0n) is 17.4. The van der Waals surface area contributed by atoms with Crippen molar-refractivity contribution in [2.45, 2.75) is 31.2 Å². The predicted molar refractivity (Wildman–Crippen MR) is 116 cm³/mol. The van der Waals surface area contributed by atoms with Crippen LogP contribution in [0.5, 0.6) is 0 Å². The normalized spacial score (nSPS) is 13.6. The molecule has 0 bridgehead atoms. The van der Waals surface area contributed by atoms with Gasteiger partial charge in [-0.25, -0.2) is 8.42 Å². The van der Waals surface area contributed by atoms with E-state index in [0.717, 1.165) is 22.7 Å². The Hall–Kier alpha value is -3.04. The van der Waals surface area contributed by atoms with Crippen molar-refractivity contribution in [3.8, 4) is 0 Å². The van der Waals surface area contributed by atoms with E-state index in [1.54, 1.807) is 18.2 Å². The predicted octanol–water partition coefficient (Wildman–Crippen LogP) is 2.17. The third-order valence-corrected chi connectivity index (χ3v) is 6.79. The number of amides is 2. The Morgan fingerprint density at radius 3 is 2.35 bits per heavy atom. The number of rotatable bonds is 9. The monoisotopic (exact) mass is 443 g/mol. The van der Waals surface area contributed by atoms with Gasteiger partial charge < -0.3 is 10.6 Å². The molecule has 9 heteroatoms. The highest BCUT2D eigenvalue weighted by Crippen LogP contribution is 2.30. The Kier molecular flexibility index (Phi) is 6.87. The lowest BCUT2D eigenvalue weighted by molar-refractivity contribution is -0.121. The standard InChI is InChI=1S/C22H25N3O5S/c1-15(26)17-8-10-20(11-9-17)31(29,30)25(2)14-21(27)23-13-16-4-3-5-19(12-16)24-22(28)18-6-7-18/h3-5,8-12,18H,6-7,13-14H2,1-2H3,(H,23,27)(H,24,28). The number of sulfonamides is 1. The molecule has 0 aromatic heterocycles. The Morgan fingerprint density at radius 1 is 1.06 bits per heavy atom. The smallest absolute Gasteiger partial charge is 0.243 e. The Bertz CT molecular complexity index is 1090. The molecule has 2 N–H and O–H groups in total. The fourth-order valence-corrected chi connectivity index (χ4v) is 4.06. The number of carbonyl (C=O) groups excluding carboxylic acids is 3. The van der Waals surface area contributed by atoms with E-state index in [4.69, 9.17) is 0 Å². The number of benzene rings is 2. The van der Waals surface area contributed by atoms with Gasteiger partial charge in [0.15, 0.2) is 5.78 Å². The molecule has 0 atom stereocenters. The summed E-state index contributed by atoms with van der Waals surface area (Å²) in [5, 5.41) is 5.54. The Labute approximate surface area is 181 Å². The van der Waals surface area contributed by atoms with Crippen molar-refractivity contribution in [1.82, 2.24) is 9.62 Å². The van der Waals surface area contributed by atoms with Crippen LogP contribution in [0.15, 0.2) is 53.4 Å². The number of nitrogens with zero attached hydrogens (tertiary/aromatic N) is 1. The van der Waals surface area contributed by atoms with Crippen LogP contribution in [-0.2, 0) is 26.2 Å². The first kappa shape index (κ1) is 22.6. The van der Waals surface area contributed by atoms with E-state index < -0.39 is 15.9 Å². The molecule has 1 fully saturated rings. The Morgan fingerprint density at radius 2 is 1.74 bits per heavy atom. The van der Waals surface area contributed by atoms with Gasteiger partial charge in [-0.2, -0.15) is 4.31 Å². The van der Waals surface area contributed by atoms with Gasteiger partial charge in [-0.3, -0.25) is 14.4 Å². The van der Waals surface area contributed by atoms with Crippen LogP contribution in [0.3, 0.4) is 0 Å². The van der Waals surface area contributed by atoms with Crippen molar-refractivity contribution in [2.75, 3.05) is 18.9 Å². The topological polar surface area (TPSA) is 113 Å². The summed E-state index contributed by atoms with van der Waals surface area (Å²) in [5.41, 5.74) is 1.86. The van der Waals surface area contributed by atoms with Gasteiger partial charge in [0.25, 0.3) is 0 Å². The zero-order chi connectivity index (χ0) is 22.6. The maximum atomic E-state index is 12.7. The van der Waals surface area contributed by atoms with Crippen molar-refractivity contribution < 1.29 is 22.8 Å². The summed E-state index contributed by atoms with van der Waals surface area (Å²) in [7, 11) is -2.55. The Balaban J connectivity index is 1.55. The van der Waals surface area contributed by atoms with Crippen molar-refractivity contribution in [3.63, 3.8) is 0 Å². The average Bonchev–Trinajstić information content (AvgIpc) is 3.58. The zero-order valence-corrected chi connectivity index (χ0v) is 18.2. The molecule has 31 heavy (non-hydrogen) atoms. The summed E-state index contributed by atoms with van der Waals surface area (Å²) in [6, 6.07) is 12.7. The van der Waals surface area contributed by atoms with Crippen LogP contribution in [0.1, 0.15) is 35.7 Å². The molecule has 2 amide bonds. The SMILES string of the molecule is CC(=O)c1ccc(S(=O)(=O)N(C)CC(=O)NCc2cccc(NC(=O)C3CC3)c2)cc1. The van der Waals surface area contributed by atoms with Crippen LogP contribution in [-0.4, -0.2) is 43.9 Å². The maximum absolute atomic E-state index is 12.7. The summed E-state index contributed by atoms with van der Waals surface area (Å²) >= 11 is 0. The van der Waals surface area contributed by atoms with E-state index in [2.05, 4.69) is 10.6 Å².